The highest BCUT2D eigenvalue weighted by Gasteiger charge is 2.05. The molecule has 0 aromatic carbocycles. The van der Waals surface area contributed by atoms with E-state index in [9.17, 15) is 4.79 Å². The van der Waals surface area contributed by atoms with Gasteiger partial charge >= 0.3 is 0 Å². The van der Waals surface area contributed by atoms with E-state index < -0.39 is 0 Å². The molecule has 2 rings (SSSR count). The average Bonchev–Trinajstić information content (AvgIpc) is 2.06. The highest BCUT2D eigenvalue weighted by molar-refractivity contribution is 5.88. The van der Waals surface area contributed by atoms with Crippen LogP contribution in [0.2, 0.25) is 0 Å². The molecule has 0 fully saturated rings. The number of pyridine rings is 1. The summed E-state index contributed by atoms with van der Waals surface area (Å²) < 4.78 is 0. The lowest BCUT2D eigenvalue weighted by Gasteiger charge is -2.09. The molecule has 1 aliphatic heterocycles. The van der Waals surface area contributed by atoms with Gasteiger partial charge in [0, 0.05) is 12.4 Å². The Morgan fingerprint density at radius 1 is 1.55 bits per heavy atom. The van der Waals surface area contributed by atoms with Gasteiger partial charge in [-0.25, -0.2) is 0 Å². The number of fused-ring (bicyclic) bond motifs is 1. The number of anilines is 1. The van der Waals surface area contributed by atoms with Crippen molar-refractivity contribution < 1.29 is 0 Å². The van der Waals surface area contributed by atoms with Crippen LogP contribution in [0.5, 0.6) is 0 Å². The zero-order chi connectivity index (χ0) is 7.68. The molecule has 11 heavy (non-hydrogen) atoms. The molecule has 2 N–H and O–H groups in total. The van der Waals surface area contributed by atoms with Crippen LogP contribution in [0.3, 0.4) is 0 Å². The topological polar surface area (TPSA) is 57.2 Å². The fourth-order valence-corrected chi connectivity index (χ4v) is 1.04. The average molecular weight is 149 g/mol. The summed E-state index contributed by atoms with van der Waals surface area (Å²) in [5, 5.41) is 2.99. The van der Waals surface area contributed by atoms with Crippen molar-refractivity contribution in [2.45, 2.75) is 0 Å². The van der Waals surface area contributed by atoms with Gasteiger partial charge in [-0.2, -0.15) is 0 Å². The molecule has 4 heteroatoms. The van der Waals surface area contributed by atoms with Crippen LogP contribution in [0, 0.1) is 0 Å². The molecule has 0 saturated heterocycles. The quantitative estimate of drug-likeness (QED) is 0.552. The van der Waals surface area contributed by atoms with E-state index in [1.165, 1.54) is 0 Å². The first-order valence-corrected chi connectivity index (χ1v) is 3.33. The minimum atomic E-state index is -0.0987. The van der Waals surface area contributed by atoms with Gasteiger partial charge in [-0.3, -0.25) is 9.79 Å². The Morgan fingerprint density at radius 3 is 3.27 bits per heavy atom. The van der Waals surface area contributed by atoms with Crippen LogP contribution in [0.4, 0.5) is 5.69 Å². The minimum absolute atomic E-state index is 0.0987. The number of hydrogen-bond donors (Lipinski definition) is 2. The van der Waals surface area contributed by atoms with E-state index in [-0.39, 0.29) is 5.56 Å². The third-order valence-corrected chi connectivity index (χ3v) is 1.58. The Balaban J connectivity index is 2.70. The van der Waals surface area contributed by atoms with Gasteiger partial charge in [-0.05, 0) is 6.07 Å². The zero-order valence-corrected chi connectivity index (χ0v) is 5.79. The first-order chi connectivity index (χ1) is 5.38. The molecule has 0 aliphatic carbocycles. The maximum absolute atomic E-state index is 11.1. The van der Waals surface area contributed by atoms with Crippen LogP contribution in [0.1, 0.15) is 5.56 Å². The molecule has 1 aromatic rings. The standard InChI is InChI=1S/C7H7N3O/c11-7-5-3-8-4-10-6(5)1-2-9-7/h1-3,10H,4H2,(H,9,11). The van der Waals surface area contributed by atoms with Gasteiger partial charge in [0.2, 0.25) is 0 Å². The lowest BCUT2D eigenvalue weighted by molar-refractivity contribution is 1.10. The number of nitrogens with one attached hydrogen (secondary N) is 2. The molecule has 56 valence electrons. The number of aromatic nitrogens is 1. The van der Waals surface area contributed by atoms with Crippen LogP contribution in [-0.2, 0) is 0 Å². The molecule has 0 saturated carbocycles. The molecular formula is C7H7N3O. The second kappa shape index (κ2) is 2.23. The predicted molar refractivity (Wildman–Crippen MR) is 43.1 cm³/mol. The van der Waals surface area contributed by atoms with Gasteiger partial charge < -0.3 is 10.3 Å². The van der Waals surface area contributed by atoms with Crippen molar-refractivity contribution in [1.29, 1.82) is 0 Å². The van der Waals surface area contributed by atoms with Crippen molar-refractivity contribution in [3.63, 3.8) is 0 Å². The molecule has 0 bridgehead atoms. The van der Waals surface area contributed by atoms with Crippen LogP contribution < -0.4 is 10.9 Å². The van der Waals surface area contributed by atoms with E-state index in [0.717, 1.165) is 5.69 Å². The normalized spacial score (nSPS) is 13.8. The summed E-state index contributed by atoms with van der Waals surface area (Å²) in [7, 11) is 0. The van der Waals surface area contributed by atoms with E-state index in [4.69, 9.17) is 0 Å². The van der Waals surface area contributed by atoms with Crippen molar-refractivity contribution >= 4 is 11.9 Å². The van der Waals surface area contributed by atoms with Crippen molar-refractivity contribution in [2.24, 2.45) is 4.99 Å². The molecule has 0 unspecified atom stereocenters. The lowest BCUT2D eigenvalue weighted by Crippen LogP contribution is -2.18. The number of nitrogens with zero attached hydrogens (tertiary/aromatic N) is 1. The summed E-state index contributed by atoms with van der Waals surface area (Å²) in [6, 6.07) is 1.82. The Bertz CT molecular complexity index is 353. The Morgan fingerprint density at radius 2 is 2.45 bits per heavy atom. The van der Waals surface area contributed by atoms with Crippen LogP contribution in [0.25, 0.3) is 0 Å². The summed E-state index contributed by atoms with van der Waals surface area (Å²) in [5.41, 5.74) is 1.36. The summed E-state index contributed by atoms with van der Waals surface area (Å²) >= 11 is 0. The monoisotopic (exact) mass is 149 g/mol. The Kier molecular flexibility index (Phi) is 1.25. The van der Waals surface area contributed by atoms with Gasteiger partial charge in [0.05, 0.1) is 11.3 Å². The number of rotatable bonds is 0. The van der Waals surface area contributed by atoms with E-state index in [1.54, 1.807) is 12.4 Å². The highest BCUT2D eigenvalue weighted by Crippen LogP contribution is 2.09. The van der Waals surface area contributed by atoms with Gasteiger partial charge in [-0.1, -0.05) is 0 Å². The molecule has 0 spiro atoms. The van der Waals surface area contributed by atoms with E-state index in [0.29, 0.717) is 12.2 Å². The maximum atomic E-state index is 11.1. The minimum Gasteiger partial charge on any atom is -0.366 e. The molecule has 1 aliphatic rings. The van der Waals surface area contributed by atoms with Crippen molar-refractivity contribution in [3.8, 4) is 0 Å². The molecule has 0 amide bonds. The summed E-state index contributed by atoms with van der Waals surface area (Å²) in [6.45, 7) is 0.552. The Labute approximate surface area is 63.0 Å². The van der Waals surface area contributed by atoms with Crippen molar-refractivity contribution in [1.82, 2.24) is 4.98 Å². The fourth-order valence-electron chi connectivity index (χ4n) is 1.04. The smallest absolute Gasteiger partial charge is 0.258 e. The third kappa shape index (κ3) is 0.920. The first kappa shape index (κ1) is 6.15. The van der Waals surface area contributed by atoms with Crippen molar-refractivity contribution in [2.75, 3.05) is 12.0 Å². The maximum Gasteiger partial charge on any atom is 0.258 e. The van der Waals surface area contributed by atoms with Crippen LogP contribution in [-0.4, -0.2) is 17.9 Å². The lowest BCUT2D eigenvalue weighted by atomic mass is 10.2. The largest absolute Gasteiger partial charge is 0.366 e. The zero-order valence-electron chi connectivity index (χ0n) is 5.79. The highest BCUT2D eigenvalue weighted by atomic mass is 16.1. The van der Waals surface area contributed by atoms with E-state index in [1.807, 2.05) is 6.07 Å². The molecule has 2 heterocycles. The molecular weight excluding hydrogens is 142 g/mol. The molecule has 0 atom stereocenters. The summed E-state index contributed by atoms with van der Waals surface area (Å²) in [4.78, 5) is 17.6. The van der Waals surface area contributed by atoms with E-state index >= 15 is 0 Å². The third-order valence-electron chi connectivity index (χ3n) is 1.58. The SMILES string of the molecule is O=c1[nH]ccc2c1C=NCN2. The van der Waals surface area contributed by atoms with Gasteiger partial charge in [0.1, 0.15) is 6.67 Å². The fraction of sp³-hybridized carbons (Fsp3) is 0.143. The Hall–Kier alpha value is -1.58. The van der Waals surface area contributed by atoms with Gasteiger partial charge in [0.25, 0.3) is 5.56 Å². The summed E-state index contributed by atoms with van der Waals surface area (Å²) in [6.07, 6.45) is 3.21. The second-order valence-electron chi connectivity index (χ2n) is 2.28. The summed E-state index contributed by atoms with van der Waals surface area (Å²) in [5.74, 6) is 0. The van der Waals surface area contributed by atoms with Gasteiger partial charge in [-0.15, -0.1) is 0 Å². The van der Waals surface area contributed by atoms with Gasteiger partial charge in [0.15, 0.2) is 0 Å². The van der Waals surface area contributed by atoms with Crippen molar-refractivity contribution in [3.05, 3.63) is 28.2 Å². The predicted octanol–water partition coefficient (Wildman–Crippen LogP) is 0.177. The number of aliphatic imine (C=N–C) groups is 1. The molecule has 4 nitrogen and oxygen atoms in total. The van der Waals surface area contributed by atoms with Crippen LogP contribution >= 0.6 is 0 Å². The number of aromatic amines is 1. The molecule has 0 radical (unpaired) electrons. The first-order valence-electron chi connectivity index (χ1n) is 3.33. The molecule has 1 aromatic heterocycles. The number of H-pyrrole nitrogens is 1. The second-order valence-corrected chi connectivity index (χ2v) is 2.28. The number of hydrogen-bond acceptors (Lipinski definition) is 3. The van der Waals surface area contributed by atoms with E-state index in [2.05, 4.69) is 15.3 Å². The van der Waals surface area contributed by atoms with Crippen LogP contribution in [0.15, 0.2) is 22.1 Å².